The topological polar surface area (TPSA) is 0 Å². The minimum Gasteiger partial charge on any atom is -0.114 e. The Hall–Kier alpha value is -0.350. The van der Waals surface area contributed by atoms with Crippen LogP contribution in [-0.4, -0.2) is 5.37 Å². The first kappa shape index (κ1) is 3.65. The summed E-state index contributed by atoms with van der Waals surface area (Å²) in [6.07, 6.45) is 4.56. The molecule has 0 saturated heterocycles. The fourth-order valence-corrected chi connectivity index (χ4v) is 0. The van der Waals surface area contributed by atoms with Gasteiger partial charge >= 0.3 is 0 Å². The van der Waals surface area contributed by atoms with Crippen LogP contribution in [0.15, 0.2) is 0 Å². The molecule has 0 N–H and O–H groups in total. The zero-order valence-electron chi connectivity index (χ0n) is 1.99. The molecular weight excluding hydrogens is 68.1 g/mol. The predicted octanol–water partition coefficient (Wildman–Crippen LogP) is 0.496. The molecule has 1 radical (unpaired) electrons. The van der Waals surface area contributed by atoms with Crippen LogP contribution in [-0.2, 0) is 0 Å². The molecule has 0 rings (SSSR count). The molecule has 0 nitrogen and oxygen atoms in total. The van der Waals surface area contributed by atoms with Gasteiger partial charge in [-0.05, 0) is 0 Å². The highest BCUT2D eigenvalue weighted by Crippen LogP contribution is 1.35. The van der Waals surface area contributed by atoms with Gasteiger partial charge in [-0.15, -0.1) is 6.42 Å². The summed E-state index contributed by atoms with van der Waals surface area (Å²) in [6.45, 7) is 0. The normalized spacial score (nSPS) is 3.75. The highest BCUT2D eigenvalue weighted by atomic mass is 32.1. The molecule has 0 bridgehead atoms. The summed E-state index contributed by atoms with van der Waals surface area (Å²) in [5.41, 5.74) is 0. The summed E-state index contributed by atoms with van der Waals surface area (Å²) in [6, 6.07) is 0. The maximum Gasteiger partial charge on any atom is 0.114 e. The summed E-state index contributed by atoms with van der Waals surface area (Å²) in [7, 11) is 0. The molecule has 0 spiro atoms. The van der Waals surface area contributed by atoms with E-state index in [0.29, 0.717) is 0 Å². The fraction of sp³-hybridized carbons (Fsp3) is 0. The monoisotopic (exact) mass is 69.0 g/mol. The van der Waals surface area contributed by atoms with E-state index in [0.717, 1.165) is 0 Å². The third-order valence-electron chi connectivity index (χ3n) is 0.0589. The Kier molecular flexibility index (Phi) is 2.42. The van der Waals surface area contributed by atoms with E-state index in [1.54, 1.807) is 0 Å². The van der Waals surface area contributed by atoms with Crippen LogP contribution in [0.5, 0.6) is 0 Å². The lowest BCUT2D eigenvalue weighted by atomic mass is 10.8. The first-order valence-electron chi connectivity index (χ1n) is 0.743. The molecule has 0 aliphatic rings. The zero-order chi connectivity index (χ0) is 3.41. The average Bonchev–Trinajstić information content (AvgIpc) is 1.37. The molecule has 0 unspecified atom stereocenters. The molecule has 0 aromatic carbocycles. The van der Waals surface area contributed by atoms with Crippen molar-refractivity contribution in [2.45, 2.75) is 0 Å². The lowest BCUT2D eigenvalue weighted by Gasteiger charge is -1.31. The van der Waals surface area contributed by atoms with Crippen molar-refractivity contribution in [3.63, 3.8) is 0 Å². The first-order valence-corrected chi connectivity index (χ1v) is 1.15. The second kappa shape index (κ2) is 2.65. The van der Waals surface area contributed by atoms with Crippen LogP contribution in [0.25, 0.3) is 0 Å². The van der Waals surface area contributed by atoms with Crippen molar-refractivity contribution in [2.75, 3.05) is 0 Å². The van der Waals surface area contributed by atoms with Crippen LogP contribution >= 0.6 is 12.2 Å². The number of thiocarbonyl (C=S) groups is 1. The van der Waals surface area contributed by atoms with Crippen molar-refractivity contribution in [3.8, 4) is 12.3 Å². The van der Waals surface area contributed by atoms with E-state index in [-0.39, 0.29) is 0 Å². The van der Waals surface area contributed by atoms with Crippen LogP contribution in [0.2, 0.25) is 0 Å². The molecule has 0 heterocycles. The molecule has 0 saturated carbocycles. The van der Waals surface area contributed by atoms with Gasteiger partial charge in [0.2, 0.25) is 0 Å². The van der Waals surface area contributed by atoms with Crippen molar-refractivity contribution < 1.29 is 0 Å². The van der Waals surface area contributed by atoms with Crippen molar-refractivity contribution in [1.29, 1.82) is 0 Å². The standard InChI is InChI=1S/C3HS/c1-2-3-4/h1H. The number of rotatable bonds is 0. The Morgan fingerprint density at radius 2 is 2.00 bits per heavy atom. The quantitative estimate of drug-likeness (QED) is 0.295. The van der Waals surface area contributed by atoms with E-state index in [1.807, 2.05) is 11.3 Å². The van der Waals surface area contributed by atoms with Gasteiger partial charge < -0.3 is 0 Å². The van der Waals surface area contributed by atoms with Crippen molar-refractivity contribution in [3.05, 3.63) is 0 Å². The highest BCUT2D eigenvalue weighted by molar-refractivity contribution is 7.79. The fourth-order valence-electron chi connectivity index (χ4n) is 0. The minimum atomic E-state index is 2.00. The molecule has 0 aliphatic carbocycles. The molecule has 19 valence electrons. The van der Waals surface area contributed by atoms with Crippen molar-refractivity contribution in [2.24, 2.45) is 0 Å². The highest BCUT2D eigenvalue weighted by Gasteiger charge is 1.33. The third kappa shape index (κ3) is 1.65. The second-order valence-corrected chi connectivity index (χ2v) is 0.451. The van der Waals surface area contributed by atoms with Crippen LogP contribution < -0.4 is 0 Å². The lowest BCUT2D eigenvalue weighted by Crippen LogP contribution is -1.39. The van der Waals surface area contributed by atoms with E-state index in [4.69, 9.17) is 0 Å². The van der Waals surface area contributed by atoms with E-state index in [2.05, 4.69) is 18.6 Å². The molecule has 0 atom stereocenters. The molecule has 4 heavy (non-hydrogen) atoms. The average molecular weight is 69.1 g/mol. The lowest BCUT2D eigenvalue weighted by molar-refractivity contribution is 2.99. The van der Waals surface area contributed by atoms with Gasteiger partial charge in [0.1, 0.15) is 5.37 Å². The Labute approximate surface area is 30.8 Å². The number of hydrogen-bond acceptors (Lipinski definition) is 1. The largest absolute Gasteiger partial charge is 0.114 e. The summed E-state index contributed by atoms with van der Waals surface area (Å²) >= 11 is 4.07. The van der Waals surface area contributed by atoms with Crippen LogP contribution in [0.3, 0.4) is 0 Å². The smallest absolute Gasteiger partial charge is 0.114 e. The van der Waals surface area contributed by atoms with Gasteiger partial charge in [0.15, 0.2) is 0 Å². The number of hydrogen-bond donors (Lipinski definition) is 0. The molecule has 0 amide bonds. The molecule has 0 aliphatic heterocycles. The van der Waals surface area contributed by atoms with Crippen LogP contribution in [0.1, 0.15) is 0 Å². The second-order valence-electron chi connectivity index (χ2n) is 0.246. The summed E-state index contributed by atoms with van der Waals surface area (Å²) in [5.74, 6) is 2.00. The molecule has 0 fully saturated rings. The summed E-state index contributed by atoms with van der Waals surface area (Å²) in [4.78, 5) is 0. The molecule has 1 heteroatoms. The third-order valence-corrected chi connectivity index (χ3v) is 0.177. The number of terminal acetylenes is 1. The van der Waals surface area contributed by atoms with Crippen molar-refractivity contribution >= 4 is 17.6 Å². The zero-order valence-corrected chi connectivity index (χ0v) is 2.80. The maximum absolute atomic E-state index is 4.56. The van der Waals surface area contributed by atoms with E-state index >= 15 is 0 Å². The Balaban J connectivity index is 2.92. The van der Waals surface area contributed by atoms with E-state index in [1.165, 1.54) is 0 Å². The molecule has 0 aromatic heterocycles. The van der Waals surface area contributed by atoms with Crippen LogP contribution in [0, 0.1) is 12.3 Å². The molecular formula is C3HS. The van der Waals surface area contributed by atoms with E-state index in [9.17, 15) is 0 Å². The Bertz CT molecular complexity index is 48.8. The van der Waals surface area contributed by atoms with Gasteiger partial charge in [-0.2, -0.15) is 0 Å². The Morgan fingerprint density at radius 1 is 1.75 bits per heavy atom. The molecule has 0 aromatic rings. The van der Waals surface area contributed by atoms with Gasteiger partial charge in [0.25, 0.3) is 0 Å². The Morgan fingerprint density at radius 3 is 2.00 bits per heavy atom. The minimum absolute atomic E-state index is 2.00. The van der Waals surface area contributed by atoms with Gasteiger partial charge in [0.05, 0.1) is 0 Å². The summed E-state index contributed by atoms with van der Waals surface area (Å²) in [5, 5.41) is 2.04. The first-order chi connectivity index (χ1) is 1.91. The van der Waals surface area contributed by atoms with Gasteiger partial charge in [-0.3, -0.25) is 0 Å². The van der Waals surface area contributed by atoms with E-state index < -0.39 is 0 Å². The van der Waals surface area contributed by atoms with Crippen LogP contribution in [0.4, 0.5) is 0 Å². The van der Waals surface area contributed by atoms with Crippen molar-refractivity contribution in [1.82, 2.24) is 0 Å². The SMILES string of the molecule is C#C[C]=S. The van der Waals surface area contributed by atoms with Gasteiger partial charge in [-0.1, -0.05) is 18.1 Å². The summed E-state index contributed by atoms with van der Waals surface area (Å²) < 4.78 is 0. The predicted molar refractivity (Wildman–Crippen MR) is 21.4 cm³/mol. The van der Waals surface area contributed by atoms with Gasteiger partial charge in [0, 0.05) is 0 Å². The van der Waals surface area contributed by atoms with Gasteiger partial charge in [-0.25, -0.2) is 0 Å². The maximum atomic E-state index is 4.56.